The molecule has 4 nitrogen and oxygen atoms in total. The van der Waals surface area contributed by atoms with Crippen LogP contribution in [-0.2, 0) is 16.4 Å². The number of aryl methyl sites for hydroxylation is 1. The van der Waals surface area contributed by atoms with E-state index < -0.39 is 15.9 Å². The van der Waals surface area contributed by atoms with Crippen molar-refractivity contribution in [1.82, 2.24) is 4.72 Å². The van der Waals surface area contributed by atoms with Crippen molar-refractivity contribution >= 4 is 15.9 Å². The van der Waals surface area contributed by atoms with Gasteiger partial charge in [-0.15, -0.1) is 0 Å². The number of benzene rings is 3. The molecule has 0 aliphatic carbocycles. The van der Waals surface area contributed by atoms with Crippen LogP contribution >= 0.6 is 0 Å². The van der Waals surface area contributed by atoms with Crippen LogP contribution in [0.15, 0.2) is 83.8 Å². The first-order valence-corrected chi connectivity index (χ1v) is 9.70. The standard InChI is InChI=1S/C21H19NO3S/c1-16-11-13-19(14-12-16)26(24,25)22-21(23)20-10-6-5-9-18(20)15-17-7-3-2-4-8-17/h2-14H,15H2,1H3,(H,22,23). The van der Waals surface area contributed by atoms with Gasteiger partial charge < -0.3 is 0 Å². The zero-order valence-electron chi connectivity index (χ0n) is 14.3. The number of hydrogen-bond acceptors (Lipinski definition) is 3. The molecule has 0 unspecified atom stereocenters. The summed E-state index contributed by atoms with van der Waals surface area (Å²) < 4.78 is 27.1. The highest BCUT2D eigenvalue weighted by Gasteiger charge is 2.20. The zero-order chi connectivity index (χ0) is 18.6. The van der Waals surface area contributed by atoms with Gasteiger partial charge in [-0.2, -0.15) is 0 Å². The number of carbonyl (C=O) groups excluding carboxylic acids is 1. The molecule has 5 heteroatoms. The lowest BCUT2D eigenvalue weighted by Gasteiger charge is -2.11. The van der Waals surface area contributed by atoms with Gasteiger partial charge in [-0.25, -0.2) is 13.1 Å². The van der Waals surface area contributed by atoms with E-state index in [1.165, 1.54) is 12.1 Å². The van der Waals surface area contributed by atoms with Gasteiger partial charge in [0.25, 0.3) is 15.9 Å². The second-order valence-electron chi connectivity index (χ2n) is 6.07. The molecule has 0 aliphatic rings. The van der Waals surface area contributed by atoms with Gasteiger partial charge in [-0.05, 0) is 42.7 Å². The fraction of sp³-hybridized carbons (Fsp3) is 0.0952. The molecule has 0 bridgehead atoms. The second-order valence-corrected chi connectivity index (χ2v) is 7.75. The van der Waals surface area contributed by atoms with Crippen LogP contribution in [0.25, 0.3) is 0 Å². The molecule has 0 fully saturated rings. The van der Waals surface area contributed by atoms with E-state index in [-0.39, 0.29) is 4.90 Å². The molecule has 3 aromatic carbocycles. The van der Waals surface area contributed by atoms with Crippen molar-refractivity contribution in [2.24, 2.45) is 0 Å². The summed E-state index contributed by atoms with van der Waals surface area (Å²) in [5.74, 6) is -0.628. The summed E-state index contributed by atoms with van der Waals surface area (Å²) >= 11 is 0. The minimum atomic E-state index is -3.91. The molecule has 0 aliphatic heterocycles. The van der Waals surface area contributed by atoms with Crippen LogP contribution in [0.2, 0.25) is 0 Å². The van der Waals surface area contributed by atoms with Gasteiger partial charge in [0.2, 0.25) is 0 Å². The van der Waals surface area contributed by atoms with Crippen LogP contribution < -0.4 is 4.72 Å². The number of amides is 1. The third-order valence-electron chi connectivity index (χ3n) is 4.06. The third-order valence-corrected chi connectivity index (χ3v) is 5.40. The Bertz CT molecular complexity index is 1010. The van der Waals surface area contributed by atoms with E-state index in [2.05, 4.69) is 4.72 Å². The average Bonchev–Trinajstić information content (AvgIpc) is 2.63. The molecule has 26 heavy (non-hydrogen) atoms. The Kier molecular flexibility index (Phi) is 5.19. The first-order valence-electron chi connectivity index (χ1n) is 8.21. The third kappa shape index (κ3) is 4.18. The molecular weight excluding hydrogens is 346 g/mol. The van der Waals surface area contributed by atoms with E-state index in [0.29, 0.717) is 12.0 Å². The lowest BCUT2D eigenvalue weighted by atomic mass is 9.99. The van der Waals surface area contributed by atoms with E-state index >= 15 is 0 Å². The van der Waals surface area contributed by atoms with E-state index in [4.69, 9.17) is 0 Å². The minimum absolute atomic E-state index is 0.0667. The van der Waals surface area contributed by atoms with Crippen LogP contribution in [0.1, 0.15) is 27.0 Å². The van der Waals surface area contributed by atoms with Crippen LogP contribution in [-0.4, -0.2) is 14.3 Å². The van der Waals surface area contributed by atoms with Crippen molar-refractivity contribution in [3.8, 4) is 0 Å². The first-order chi connectivity index (χ1) is 12.5. The lowest BCUT2D eigenvalue weighted by molar-refractivity contribution is 0.0980. The molecule has 0 heterocycles. The number of hydrogen-bond donors (Lipinski definition) is 1. The van der Waals surface area contributed by atoms with Gasteiger partial charge in [-0.1, -0.05) is 66.2 Å². The summed E-state index contributed by atoms with van der Waals surface area (Å²) in [5.41, 5.74) is 3.12. The zero-order valence-corrected chi connectivity index (χ0v) is 15.2. The van der Waals surface area contributed by atoms with Crippen LogP contribution in [0, 0.1) is 6.92 Å². The van der Waals surface area contributed by atoms with E-state index in [1.807, 2.05) is 49.4 Å². The molecule has 3 rings (SSSR count). The van der Waals surface area contributed by atoms with Crippen molar-refractivity contribution in [2.75, 3.05) is 0 Å². The summed E-state index contributed by atoms with van der Waals surface area (Å²) in [6.07, 6.45) is 0.551. The largest absolute Gasteiger partial charge is 0.268 e. The van der Waals surface area contributed by atoms with Gasteiger partial charge in [-0.3, -0.25) is 4.79 Å². The van der Waals surface area contributed by atoms with Crippen LogP contribution in [0.3, 0.4) is 0 Å². The molecule has 0 saturated heterocycles. The van der Waals surface area contributed by atoms with Crippen molar-refractivity contribution in [2.45, 2.75) is 18.2 Å². The predicted octanol–water partition coefficient (Wildman–Crippen LogP) is 3.70. The second kappa shape index (κ2) is 7.54. The Labute approximate surface area is 153 Å². The molecule has 132 valence electrons. The van der Waals surface area contributed by atoms with Crippen molar-refractivity contribution in [3.05, 3.63) is 101 Å². The topological polar surface area (TPSA) is 63.2 Å². The van der Waals surface area contributed by atoms with Crippen LogP contribution in [0.4, 0.5) is 0 Å². The number of sulfonamides is 1. The highest BCUT2D eigenvalue weighted by molar-refractivity contribution is 7.90. The van der Waals surface area contributed by atoms with Crippen LogP contribution in [0.5, 0.6) is 0 Å². The lowest BCUT2D eigenvalue weighted by Crippen LogP contribution is -2.31. The van der Waals surface area contributed by atoms with E-state index in [9.17, 15) is 13.2 Å². The maximum absolute atomic E-state index is 12.6. The summed E-state index contributed by atoms with van der Waals surface area (Å²) in [6.45, 7) is 1.87. The molecule has 0 atom stereocenters. The Hall–Kier alpha value is -2.92. The summed E-state index contributed by atoms with van der Waals surface area (Å²) in [6, 6.07) is 23.1. The smallest absolute Gasteiger partial charge is 0.265 e. The highest BCUT2D eigenvalue weighted by Crippen LogP contribution is 2.16. The normalized spacial score (nSPS) is 11.1. The minimum Gasteiger partial charge on any atom is -0.268 e. The summed E-state index contributed by atoms with van der Waals surface area (Å²) in [4.78, 5) is 12.7. The number of carbonyl (C=O) groups is 1. The quantitative estimate of drug-likeness (QED) is 0.750. The highest BCUT2D eigenvalue weighted by atomic mass is 32.2. The van der Waals surface area contributed by atoms with Crippen molar-refractivity contribution in [1.29, 1.82) is 0 Å². The molecule has 0 radical (unpaired) electrons. The average molecular weight is 365 g/mol. The molecule has 0 saturated carbocycles. The van der Waals surface area contributed by atoms with Gasteiger partial charge in [0.15, 0.2) is 0 Å². The molecule has 0 aromatic heterocycles. The molecular formula is C21H19NO3S. The molecule has 1 N–H and O–H groups in total. The van der Waals surface area contributed by atoms with Gasteiger partial charge in [0.05, 0.1) is 4.90 Å². The molecule has 1 amide bonds. The number of nitrogens with one attached hydrogen (secondary N) is 1. The van der Waals surface area contributed by atoms with Crippen molar-refractivity contribution in [3.63, 3.8) is 0 Å². The Morgan fingerprint density at radius 1 is 0.846 bits per heavy atom. The van der Waals surface area contributed by atoms with Gasteiger partial charge >= 0.3 is 0 Å². The van der Waals surface area contributed by atoms with Gasteiger partial charge in [0, 0.05) is 5.56 Å². The number of rotatable bonds is 5. The van der Waals surface area contributed by atoms with Gasteiger partial charge in [0.1, 0.15) is 0 Å². The monoisotopic (exact) mass is 365 g/mol. The Morgan fingerprint density at radius 3 is 2.15 bits per heavy atom. The molecule has 0 spiro atoms. The predicted molar refractivity (Wildman–Crippen MR) is 102 cm³/mol. The SMILES string of the molecule is Cc1ccc(S(=O)(=O)NC(=O)c2ccccc2Cc2ccccc2)cc1. The summed E-state index contributed by atoms with van der Waals surface area (Å²) in [5, 5.41) is 0. The fourth-order valence-electron chi connectivity index (χ4n) is 2.67. The maximum Gasteiger partial charge on any atom is 0.265 e. The van der Waals surface area contributed by atoms with E-state index in [0.717, 1.165) is 16.7 Å². The Balaban J connectivity index is 1.85. The first kappa shape index (κ1) is 17.9. The van der Waals surface area contributed by atoms with E-state index in [1.54, 1.807) is 24.3 Å². The Morgan fingerprint density at radius 2 is 1.46 bits per heavy atom. The maximum atomic E-state index is 12.6. The fourth-order valence-corrected chi connectivity index (χ4v) is 3.63. The van der Waals surface area contributed by atoms with Crippen molar-refractivity contribution < 1.29 is 13.2 Å². The molecule has 3 aromatic rings. The summed E-state index contributed by atoms with van der Waals surface area (Å²) in [7, 11) is -3.91.